The van der Waals surface area contributed by atoms with E-state index in [1.54, 1.807) is 5.57 Å². The zero-order chi connectivity index (χ0) is 19.6. The van der Waals surface area contributed by atoms with Crippen molar-refractivity contribution in [2.45, 2.75) is 89.9 Å². The molecule has 2 unspecified atom stereocenters. The predicted octanol–water partition coefficient (Wildman–Crippen LogP) is 7.81. The van der Waals surface area contributed by atoms with Gasteiger partial charge in [-0.2, -0.15) is 0 Å². The molecule has 28 heavy (non-hydrogen) atoms. The molecule has 2 atom stereocenters. The summed E-state index contributed by atoms with van der Waals surface area (Å²) in [5, 5.41) is 0. The summed E-state index contributed by atoms with van der Waals surface area (Å²) in [7, 11) is 0. The number of rotatable bonds is 8. The van der Waals surface area contributed by atoms with Crippen molar-refractivity contribution in [1.29, 1.82) is 0 Å². The summed E-state index contributed by atoms with van der Waals surface area (Å²) in [5.41, 5.74) is 3.94. The van der Waals surface area contributed by atoms with Gasteiger partial charge in [0.15, 0.2) is 0 Å². The normalized spacial score (nSPS) is 25.2. The minimum absolute atomic E-state index is 0.417. The van der Waals surface area contributed by atoms with E-state index in [0.29, 0.717) is 12.2 Å². The number of allylic oxidation sites excluding steroid dienone is 9. The fourth-order valence-electron chi connectivity index (χ4n) is 5.11. The number of Topliss-reactive ketones (excluding diaryl/α,β-unsaturated/α-hetero) is 1. The Kier molecular flexibility index (Phi) is 8.58. The van der Waals surface area contributed by atoms with Crippen LogP contribution in [-0.2, 0) is 4.79 Å². The summed E-state index contributed by atoms with van der Waals surface area (Å²) in [5.74, 6) is 2.37. The van der Waals surface area contributed by atoms with E-state index in [9.17, 15) is 4.79 Å². The second kappa shape index (κ2) is 11.4. The van der Waals surface area contributed by atoms with Gasteiger partial charge in [-0.15, -0.1) is 0 Å². The Morgan fingerprint density at radius 2 is 1.75 bits per heavy atom. The lowest BCUT2D eigenvalue weighted by Crippen LogP contribution is -2.21. The largest absolute Gasteiger partial charge is 0.300 e. The van der Waals surface area contributed by atoms with Crippen molar-refractivity contribution in [3.63, 3.8) is 0 Å². The second-order valence-corrected chi connectivity index (χ2v) is 9.06. The number of ketones is 1. The summed E-state index contributed by atoms with van der Waals surface area (Å²) in [4.78, 5) is 12.3. The van der Waals surface area contributed by atoms with Crippen LogP contribution in [0.1, 0.15) is 89.9 Å². The Morgan fingerprint density at radius 1 is 0.929 bits per heavy atom. The number of unbranched alkanes of at least 4 members (excludes halogenated alkanes) is 1. The highest BCUT2D eigenvalue weighted by Crippen LogP contribution is 2.39. The summed E-state index contributed by atoms with van der Waals surface area (Å²) < 4.78 is 0. The van der Waals surface area contributed by atoms with Gasteiger partial charge in [0, 0.05) is 12.8 Å². The molecule has 1 fully saturated rings. The van der Waals surface area contributed by atoms with E-state index in [2.05, 4.69) is 24.8 Å². The first kappa shape index (κ1) is 21.1. The Hall–Kier alpha value is -1.63. The summed E-state index contributed by atoms with van der Waals surface area (Å²) in [6, 6.07) is 0. The van der Waals surface area contributed by atoms with E-state index >= 15 is 0 Å². The number of carbonyl (C=O) groups excluding carboxylic acids is 1. The smallest absolute Gasteiger partial charge is 0.133 e. The first-order valence-electron chi connectivity index (χ1n) is 11.6. The highest BCUT2D eigenvalue weighted by Gasteiger charge is 2.26. The van der Waals surface area contributed by atoms with Crippen molar-refractivity contribution in [2.75, 3.05) is 0 Å². The van der Waals surface area contributed by atoms with Crippen molar-refractivity contribution < 1.29 is 4.79 Å². The van der Waals surface area contributed by atoms with E-state index in [-0.39, 0.29) is 0 Å². The molecule has 0 aromatic carbocycles. The van der Waals surface area contributed by atoms with Gasteiger partial charge in [0.05, 0.1) is 0 Å². The molecular weight excluding hydrogens is 340 g/mol. The number of fused-ring (bicyclic) bond motifs is 1. The molecule has 0 heterocycles. The van der Waals surface area contributed by atoms with Crippen LogP contribution in [0.25, 0.3) is 0 Å². The van der Waals surface area contributed by atoms with Gasteiger partial charge in [-0.25, -0.2) is 0 Å². The molecular formula is C27H38O. The summed E-state index contributed by atoms with van der Waals surface area (Å²) >= 11 is 0. The van der Waals surface area contributed by atoms with Crippen molar-refractivity contribution in [3.8, 4) is 0 Å². The van der Waals surface area contributed by atoms with Crippen LogP contribution < -0.4 is 0 Å². The van der Waals surface area contributed by atoms with Crippen LogP contribution in [0.5, 0.6) is 0 Å². The fourth-order valence-corrected chi connectivity index (χ4v) is 5.11. The van der Waals surface area contributed by atoms with E-state index in [0.717, 1.165) is 36.7 Å². The van der Waals surface area contributed by atoms with Gasteiger partial charge in [0.25, 0.3) is 0 Å². The van der Waals surface area contributed by atoms with Crippen LogP contribution in [0, 0.1) is 11.8 Å². The van der Waals surface area contributed by atoms with Crippen molar-refractivity contribution in [3.05, 3.63) is 59.8 Å². The molecule has 0 bridgehead atoms. The van der Waals surface area contributed by atoms with E-state index in [1.807, 2.05) is 18.2 Å². The van der Waals surface area contributed by atoms with Crippen LogP contribution in [0.2, 0.25) is 0 Å². The molecule has 0 spiro atoms. The molecule has 3 aliphatic rings. The highest BCUT2D eigenvalue weighted by atomic mass is 16.1. The molecule has 1 nitrogen and oxygen atoms in total. The molecule has 0 aromatic rings. The van der Waals surface area contributed by atoms with Gasteiger partial charge in [-0.05, 0) is 80.8 Å². The quantitative estimate of drug-likeness (QED) is 0.311. The summed E-state index contributed by atoms with van der Waals surface area (Å²) in [6.45, 7) is 3.95. The standard InChI is InChI=1S/C27H38O/c1-22-9-8-12-23(18-17-22)19-20-27(28)16-7-3-11-24-10-2-4-13-25-14-5-6-15-26(25)21-24/h8-10,12,17-18,25-26H,1-7,11,13-16,19-21H2. The molecule has 0 aliphatic heterocycles. The molecule has 152 valence electrons. The van der Waals surface area contributed by atoms with Gasteiger partial charge in [-0.3, -0.25) is 4.79 Å². The van der Waals surface area contributed by atoms with Crippen LogP contribution in [0.4, 0.5) is 0 Å². The molecule has 0 amide bonds. The lowest BCUT2D eigenvalue weighted by molar-refractivity contribution is -0.119. The Balaban J connectivity index is 1.34. The topological polar surface area (TPSA) is 17.1 Å². The SMILES string of the molecule is C=C1C=CC=C(CCC(=O)CCCCC2=CCCCC3CCCCC3C2)C=C1. The lowest BCUT2D eigenvalue weighted by atomic mass is 9.72. The molecule has 0 radical (unpaired) electrons. The third-order valence-electron chi connectivity index (χ3n) is 6.83. The van der Waals surface area contributed by atoms with Gasteiger partial charge >= 0.3 is 0 Å². The Morgan fingerprint density at radius 3 is 2.64 bits per heavy atom. The van der Waals surface area contributed by atoms with Gasteiger partial charge < -0.3 is 0 Å². The molecule has 1 saturated carbocycles. The Bertz CT molecular complexity index is 658. The van der Waals surface area contributed by atoms with Crippen LogP contribution in [-0.4, -0.2) is 5.78 Å². The molecule has 3 aliphatic carbocycles. The van der Waals surface area contributed by atoms with Crippen molar-refractivity contribution in [2.24, 2.45) is 11.8 Å². The Labute approximate surface area is 172 Å². The average molecular weight is 379 g/mol. The maximum absolute atomic E-state index is 12.3. The first-order valence-corrected chi connectivity index (χ1v) is 11.6. The molecule has 3 rings (SSSR count). The monoisotopic (exact) mass is 378 g/mol. The fraction of sp³-hybridized carbons (Fsp3) is 0.593. The van der Waals surface area contributed by atoms with Crippen molar-refractivity contribution >= 4 is 5.78 Å². The third-order valence-corrected chi connectivity index (χ3v) is 6.83. The maximum atomic E-state index is 12.3. The molecule has 0 saturated heterocycles. The molecule has 1 heteroatoms. The number of carbonyl (C=O) groups is 1. The minimum Gasteiger partial charge on any atom is -0.300 e. The lowest BCUT2D eigenvalue weighted by Gasteiger charge is -2.33. The average Bonchev–Trinajstić information content (AvgIpc) is 2.89. The highest BCUT2D eigenvalue weighted by molar-refractivity contribution is 5.78. The molecule has 0 aromatic heterocycles. The summed E-state index contributed by atoms with van der Waals surface area (Å²) in [6.07, 6.45) is 29.8. The second-order valence-electron chi connectivity index (χ2n) is 9.06. The number of hydrogen-bond donors (Lipinski definition) is 0. The van der Waals surface area contributed by atoms with E-state index in [1.165, 1.54) is 69.8 Å². The van der Waals surface area contributed by atoms with Gasteiger partial charge in [0.2, 0.25) is 0 Å². The zero-order valence-corrected chi connectivity index (χ0v) is 17.6. The van der Waals surface area contributed by atoms with Crippen LogP contribution >= 0.6 is 0 Å². The van der Waals surface area contributed by atoms with Gasteiger partial charge in [-0.1, -0.05) is 67.9 Å². The van der Waals surface area contributed by atoms with Gasteiger partial charge in [0.1, 0.15) is 5.78 Å². The van der Waals surface area contributed by atoms with Crippen LogP contribution in [0.15, 0.2) is 59.8 Å². The van der Waals surface area contributed by atoms with Crippen LogP contribution in [0.3, 0.4) is 0 Å². The predicted molar refractivity (Wildman–Crippen MR) is 120 cm³/mol. The first-order chi connectivity index (χ1) is 13.7. The minimum atomic E-state index is 0.417. The van der Waals surface area contributed by atoms with Crippen molar-refractivity contribution in [1.82, 2.24) is 0 Å². The van der Waals surface area contributed by atoms with E-state index < -0.39 is 0 Å². The molecule has 0 N–H and O–H groups in total. The third kappa shape index (κ3) is 7.08. The number of hydrogen-bond acceptors (Lipinski definition) is 1. The zero-order valence-electron chi connectivity index (χ0n) is 17.6. The van der Waals surface area contributed by atoms with E-state index in [4.69, 9.17) is 0 Å². The maximum Gasteiger partial charge on any atom is 0.133 e.